The molecule has 1 aromatic rings. The second-order valence-electron chi connectivity index (χ2n) is 3.87. The maximum absolute atomic E-state index is 5.93. The molecule has 0 spiro atoms. The molecule has 15 heavy (non-hydrogen) atoms. The van der Waals surface area contributed by atoms with Crippen molar-refractivity contribution in [1.82, 2.24) is 5.32 Å². The van der Waals surface area contributed by atoms with Crippen molar-refractivity contribution >= 4 is 15.9 Å². The van der Waals surface area contributed by atoms with Crippen LogP contribution in [0.25, 0.3) is 0 Å². The van der Waals surface area contributed by atoms with Gasteiger partial charge in [0.25, 0.3) is 0 Å². The molecule has 1 aliphatic rings. The first-order valence-corrected chi connectivity index (χ1v) is 6.27. The molecule has 1 heterocycles. The van der Waals surface area contributed by atoms with Gasteiger partial charge in [-0.25, -0.2) is 0 Å². The van der Waals surface area contributed by atoms with E-state index in [1.165, 1.54) is 6.42 Å². The van der Waals surface area contributed by atoms with Crippen LogP contribution >= 0.6 is 15.9 Å². The predicted octanol–water partition coefficient (Wildman–Crippen LogP) is 2.97. The van der Waals surface area contributed by atoms with Crippen molar-refractivity contribution in [3.63, 3.8) is 0 Å². The molecule has 1 atom stereocenters. The molecular formula is C12H16BrNO. The Kier molecular flexibility index (Phi) is 4.03. The molecule has 0 saturated carbocycles. The number of hydrogen-bond donors (Lipinski definition) is 1. The highest BCUT2D eigenvalue weighted by Gasteiger charge is 2.12. The van der Waals surface area contributed by atoms with E-state index in [0.29, 0.717) is 6.10 Å². The van der Waals surface area contributed by atoms with E-state index >= 15 is 0 Å². The van der Waals surface area contributed by atoms with Crippen molar-refractivity contribution in [2.24, 2.45) is 0 Å². The Bertz CT molecular complexity index is 291. The van der Waals surface area contributed by atoms with Crippen LogP contribution in [0.3, 0.4) is 0 Å². The van der Waals surface area contributed by atoms with Crippen molar-refractivity contribution < 1.29 is 4.74 Å². The molecule has 1 unspecified atom stereocenters. The van der Waals surface area contributed by atoms with E-state index in [-0.39, 0.29) is 0 Å². The second kappa shape index (κ2) is 5.52. The van der Waals surface area contributed by atoms with Crippen molar-refractivity contribution in [2.45, 2.75) is 25.4 Å². The van der Waals surface area contributed by atoms with Crippen LogP contribution in [0.15, 0.2) is 28.7 Å². The van der Waals surface area contributed by atoms with E-state index in [1.807, 2.05) is 24.3 Å². The van der Waals surface area contributed by atoms with Crippen LogP contribution in [-0.2, 0) is 0 Å². The lowest BCUT2D eigenvalue weighted by molar-refractivity contribution is 0.187. The number of ether oxygens (including phenoxy) is 1. The minimum absolute atomic E-state index is 0.376. The zero-order valence-corrected chi connectivity index (χ0v) is 10.3. The molecule has 0 radical (unpaired) electrons. The predicted molar refractivity (Wildman–Crippen MR) is 65.3 cm³/mol. The van der Waals surface area contributed by atoms with Crippen LogP contribution in [0.2, 0.25) is 0 Å². The smallest absolute Gasteiger partial charge is 0.119 e. The zero-order valence-electron chi connectivity index (χ0n) is 8.71. The Labute approximate surface area is 99.1 Å². The third kappa shape index (κ3) is 3.50. The van der Waals surface area contributed by atoms with Gasteiger partial charge in [0.15, 0.2) is 0 Å². The highest BCUT2D eigenvalue weighted by molar-refractivity contribution is 9.10. The van der Waals surface area contributed by atoms with Crippen LogP contribution in [0.5, 0.6) is 5.75 Å². The van der Waals surface area contributed by atoms with Crippen LogP contribution in [-0.4, -0.2) is 19.2 Å². The lowest BCUT2D eigenvalue weighted by Crippen LogP contribution is -2.19. The van der Waals surface area contributed by atoms with Crippen LogP contribution in [0.1, 0.15) is 19.3 Å². The van der Waals surface area contributed by atoms with E-state index < -0.39 is 0 Å². The van der Waals surface area contributed by atoms with Gasteiger partial charge in [-0.15, -0.1) is 0 Å². The summed E-state index contributed by atoms with van der Waals surface area (Å²) in [6.45, 7) is 2.20. The van der Waals surface area contributed by atoms with E-state index in [4.69, 9.17) is 4.74 Å². The molecule has 3 heteroatoms. The van der Waals surface area contributed by atoms with Gasteiger partial charge in [0, 0.05) is 4.47 Å². The van der Waals surface area contributed by atoms with Gasteiger partial charge in [0.05, 0.1) is 6.10 Å². The molecule has 1 N–H and O–H groups in total. The van der Waals surface area contributed by atoms with Gasteiger partial charge in [-0.05, 0) is 56.6 Å². The molecule has 0 bridgehead atoms. The summed E-state index contributed by atoms with van der Waals surface area (Å²) in [6.07, 6.45) is 3.85. The van der Waals surface area contributed by atoms with Crippen LogP contribution in [0.4, 0.5) is 0 Å². The van der Waals surface area contributed by atoms with E-state index in [2.05, 4.69) is 21.2 Å². The molecule has 1 saturated heterocycles. The van der Waals surface area contributed by atoms with Crippen molar-refractivity contribution in [3.05, 3.63) is 28.7 Å². The Morgan fingerprint density at radius 2 is 1.93 bits per heavy atom. The van der Waals surface area contributed by atoms with Gasteiger partial charge in [-0.3, -0.25) is 0 Å². The average Bonchev–Trinajstić information content (AvgIpc) is 2.50. The van der Waals surface area contributed by atoms with Crippen molar-refractivity contribution in [1.29, 1.82) is 0 Å². The average molecular weight is 270 g/mol. The van der Waals surface area contributed by atoms with E-state index in [1.54, 1.807) is 0 Å². The Morgan fingerprint density at radius 3 is 2.73 bits per heavy atom. The minimum atomic E-state index is 0.376. The Hall–Kier alpha value is -0.540. The number of halogens is 1. The second-order valence-corrected chi connectivity index (χ2v) is 4.79. The zero-order chi connectivity index (χ0) is 10.5. The fourth-order valence-corrected chi connectivity index (χ4v) is 2.07. The highest BCUT2D eigenvalue weighted by atomic mass is 79.9. The summed E-state index contributed by atoms with van der Waals surface area (Å²) in [7, 11) is 0. The molecule has 1 fully saturated rings. The lowest BCUT2D eigenvalue weighted by atomic mass is 10.1. The topological polar surface area (TPSA) is 21.3 Å². The summed E-state index contributed by atoms with van der Waals surface area (Å²) < 4.78 is 7.02. The van der Waals surface area contributed by atoms with E-state index in [0.717, 1.165) is 36.2 Å². The van der Waals surface area contributed by atoms with Crippen molar-refractivity contribution in [3.8, 4) is 5.75 Å². The number of nitrogens with one attached hydrogen (secondary N) is 1. The van der Waals surface area contributed by atoms with Gasteiger partial charge in [0.1, 0.15) is 5.75 Å². The molecule has 2 rings (SSSR count). The molecule has 82 valence electrons. The Morgan fingerprint density at radius 1 is 1.13 bits per heavy atom. The first-order chi connectivity index (χ1) is 7.34. The molecule has 1 aliphatic heterocycles. The minimum Gasteiger partial charge on any atom is -0.490 e. The molecule has 2 nitrogen and oxygen atoms in total. The number of rotatable bonds is 2. The fourth-order valence-electron chi connectivity index (χ4n) is 1.81. The van der Waals surface area contributed by atoms with Crippen molar-refractivity contribution in [2.75, 3.05) is 13.1 Å². The maximum Gasteiger partial charge on any atom is 0.119 e. The number of benzene rings is 1. The first-order valence-electron chi connectivity index (χ1n) is 5.47. The molecule has 0 aromatic heterocycles. The molecular weight excluding hydrogens is 254 g/mol. The standard InChI is InChI=1S/C12H16BrNO/c13-10-3-5-12(6-4-10)15-11-2-1-8-14-9-7-11/h3-6,11,14H,1-2,7-9H2. The van der Waals surface area contributed by atoms with Crippen LogP contribution in [0, 0.1) is 0 Å². The molecule has 0 amide bonds. The third-order valence-corrected chi connectivity index (χ3v) is 3.17. The third-order valence-electron chi connectivity index (χ3n) is 2.64. The first kappa shape index (κ1) is 11.0. The van der Waals surface area contributed by atoms with Gasteiger partial charge in [-0.1, -0.05) is 15.9 Å². The molecule has 1 aromatic carbocycles. The Balaban J connectivity index is 1.92. The van der Waals surface area contributed by atoms with Crippen LogP contribution < -0.4 is 10.1 Å². The summed E-state index contributed by atoms with van der Waals surface area (Å²) in [5.41, 5.74) is 0. The lowest BCUT2D eigenvalue weighted by Gasteiger charge is -2.16. The number of hydrogen-bond acceptors (Lipinski definition) is 2. The van der Waals surface area contributed by atoms with Gasteiger partial charge >= 0.3 is 0 Å². The van der Waals surface area contributed by atoms with Gasteiger partial charge in [-0.2, -0.15) is 0 Å². The summed E-state index contributed by atoms with van der Waals surface area (Å²) in [6, 6.07) is 8.07. The highest BCUT2D eigenvalue weighted by Crippen LogP contribution is 2.20. The summed E-state index contributed by atoms with van der Waals surface area (Å²) >= 11 is 3.42. The SMILES string of the molecule is Brc1ccc(OC2CCCNCC2)cc1. The summed E-state index contributed by atoms with van der Waals surface area (Å²) in [5.74, 6) is 0.977. The normalized spacial score (nSPS) is 22.1. The summed E-state index contributed by atoms with van der Waals surface area (Å²) in [5, 5.41) is 3.38. The summed E-state index contributed by atoms with van der Waals surface area (Å²) in [4.78, 5) is 0. The fraction of sp³-hybridized carbons (Fsp3) is 0.500. The van der Waals surface area contributed by atoms with Gasteiger partial charge < -0.3 is 10.1 Å². The van der Waals surface area contributed by atoms with E-state index in [9.17, 15) is 0 Å². The maximum atomic E-state index is 5.93. The monoisotopic (exact) mass is 269 g/mol. The largest absolute Gasteiger partial charge is 0.490 e. The molecule has 0 aliphatic carbocycles. The quantitative estimate of drug-likeness (QED) is 0.892. The van der Waals surface area contributed by atoms with Gasteiger partial charge in [0.2, 0.25) is 0 Å².